The van der Waals surface area contributed by atoms with Crippen molar-refractivity contribution < 1.29 is 0 Å². The number of nitrogens with zero attached hydrogens (tertiary/aromatic N) is 2. The number of hydrogen-bond acceptors (Lipinski definition) is 2. The topological polar surface area (TPSA) is 25.8 Å². The van der Waals surface area contributed by atoms with E-state index in [1.807, 2.05) is 24.4 Å². The predicted molar refractivity (Wildman–Crippen MR) is 137 cm³/mol. The number of aryl methyl sites for hydroxylation is 1. The molecule has 0 aliphatic heterocycles. The van der Waals surface area contributed by atoms with E-state index in [-0.39, 0.29) is 0 Å². The normalized spacial score (nSPS) is 40.3. The largest absolute Gasteiger partial charge is 0.241 e. The summed E-state index contributed by atoms with van der Waals surface area (Å²) in [5.74, 6) is 5.90. The van der Waals surface area contributed by atoms with Gasteiger partial charge in [-0.1, -0.05) is 50.4 Å². The van der Waals surface area contributed by atoms with E-state index >= 15 is 0 Å². The maximum atomic E-state index is 6.38. The first-order valence-corrected chi connectivity index (χ1v) is 14.3. The van der Waals surface area contributed by atoms with Gasteiger partial charge in [0.25, 0.3) is 0 Å². The molecule has 0 N–H and O–H groups in total. The lowest BCUT2D eigenvalue weighted by molar-refractivity contribution is -0.111. The fraction of sp³-hybridized carbons (Fsp3) is 0.733. The van der Waals surface area contributed by atoms with Crippen LogP contribution in [0.25, 0.3) is 10.9 Å². The van der Waals surface area contributed by atoms with E-state index in [1.54, 1.807) is 0 Å². The summed E-state index contributed by atoms with van der Waals surface area (Å²) in [6.45, 7) is 5.39. The Bertz CT molecular complexity index is 1020. The molecule has 4 aliphatic rings. The van der Waals surface area contributed by atoms with Crippen LogP contribution in [0.5, 0.6) is 0 Å². The van der Waals surface area contributed by atoms with Gasteiger partial charge >= 0.3 is 0 Å². The van der Waals surface area contributed by atoms with Crippen molar-refractivity contribution in [1.82, 2.24) is 9.97 Å². The number of halogens is 1. The summed E-state index contributed by atoms with van der Waals surface area (Å²) in [6, 6.07) is 5.94. The Morgan fingerprint density at radius 3 is 2.73 bits per heavy atom. The van der Waals surface area contributed by atoms with Crippen LogP contribution in [0, 0.1) is 40.4 Å². The third-order valence-corrected chi connectivity index (χ3v) is 11.6. The van der Waals surface area contributed by atoms with E-state index in [0.29, 0.717) is 10.8 Å². The third kappa shape index (κ3) is 3.65. The van der Waals surface area contributed by atoms with Gasteiger partial charge in [-0.25, -0.2) is 9.97 Å². The highest BCUT2D eigenvalue weighted by Gasteiger charge is 2.59. The zero-order valence-corrected chi connectivity index (χ0v) is 21.4. The van der Waals surface area contributed by atoms with Gasteiger partial charge in [0.05, 0.1) is 10.5 Å². The van der Waals surface area contributed by atoms with Crippen molar-refractivity contribution in [3.63, 3.8) is 0 Å². The van der Waals surface area contributed by atoms with Crippen LogP contribution in [-0.2, 0) is 6.42 Å². The third-order valence-electron chi connectivity index (χ3n) is 11.3. The van der Waals surface area contributed by atoms with Gasteiger partial charge in [0, 0.05) is 18.0 Å². The monoisotopic (exact) mass is 464 g/mol. The Kier molecular flexibility index (Phi) is 5.75. The Morgan fingerprint density at radius 1 is 0.939 bits per heavy atom. The number of hydrogen-bond donors (Lipinski definition) is 0. The van der Waals surface area contributed by atoms with E-state index < -0.39 is 0 Å². The second-order valence-corrected chi connectivity index (χ2v) is 13.0. The molecule has 0 amide bonds. The molecule has 6 rings (SSSR count). The van der Waals surface area contributed by atoms with E-state index in [4.69, 9.17) is 16.6 Å². The van der Waals surface area contributed by atoms with E-state index in [2.05, 4.69) is 18.8 Å². The van der Waals surface area contributed by atoms with Gasteiger partial charge in [-0.05, 0) is 111 Å². The van der Waals surface area contributed by atoms with Gasteiger partial charge in [0.15, 0.2) is 0 Å². The van der Waals surface area contributed by atoms with Crippen molar-refractivity contribution in [2.75, 3.05) is 0 Å². The minimum atomic E-state index is 0.576. The van der Waals surface area contributed by atoms with Gasteiger partial charge in [-0.15, -0.1) is 0 Å². The lowest BCUT2D eigenvalue weighted by Crippen LogP contribution is -2.52. The molecular formula is C30H41ClN2. The molecule has 2 aromatic rings. The number of benzene rings is 1. The summed E-state index contributed by atoms with van der Waals surface area (Å²) in [5.41, 5.74) is 2.14. The molecule has 4 aliphatic carbocycles. The van der Waals surface area contributed by atoms with Crippen molar-refractivity contribution in [3.8, 4) is 0 Å². The van der Waals surface area contributed by atoms with Crippen LogP contribution in [0.2, 0.25) is 5.02 Å². The van der Waals surface area contributed by atoms with Gasteiger partial charge < -0.3 is 0 Å². The zero-order valence-electron chi connectivity index (χ0n) is 20.7. The summed E-state index contributed by atoms with van der Waals surface area (Å²) in [7, 11) is 0. The van der Waals surface area contributed by atoms with Crippen LogP contribution in [0.4, 0.5) is 0 Å². The second-order valence-electron chi connectivity index (χ2n) is 12.6. The smallest absolute Gasteiger partial charge is 0.129 e. The Morgan fingerprint density at radius 2 is 1.82 bits per heavy atom. The summed E-state index contributed by atoms with van der Waals surface area (Å²) >= 11 is 6.38. The minimum absolute atomic E-state index is 0.576. The van der Waals surface area contributed by atoms with Crippen molar-refractivity contribution in [3.05, 3.63) is 35.2 Å². The average molecular weight is 465 g/mol. The minimum Gasteiger partial charge on any atom is -0.241 e. The van der Waals surface area contributed by atoms with Crippen LogP contribution < -0.4 is 0 Å². The first-order valence-electron chi connectivity index (χ1n) is 13.9. The summed E-state index contributed by atoms with van der Waals surface area (Å²) in [6.07, 6.45) is 20.5. The van der Waals surface area contributed by atoms with Crippen LogP contribution in [-0.4, -0.2) is 9.97 Å². The van der Waals surface area contributed by atoms with Crippen molar-refractivity contribution in [2.45, 2.75) is 97.3 Å². The van der Waals surface area contributed by atoms with Crippen LogP contribution in [0.3, 0.4) is 0 Å². The second kappa shape index (κ2) is 8.51. The van der Waals surface area contributed by atoms with Gasteiger partial charge in [0.2, 0.25) is 0 Å². The highest BCUT2D eigenvalue weighted by Crippen LogP contribution is 2.67. The molecule has 178 valence electrons. The molecule has 0 spiro atoms. The van der Waals surface area contributed by atoms with E-state index in [0.717, 1.165) is 57.8 Å². The number of fused-ring (bicyclic) bond motifs is 6. The summed E-state index contributed by atoms with van der Waals surface area (Å²) in [5, 5.41) is 1.77. The van der Waals surface area contributed by atoms with Crippen molar-refractivity contribution in [2.24, 2.45) is 40.4 Å². The molecule has 33 heavy (non-hydrogen) atoms. The molecule has 3 heteroatoms. The summed E-state index contributed by atoms with van der Waals surface area (Å²) in [4.78, 5) is 9.44. The Balaban J connectivity index is 1.12. The SMILES string of the molecule is CC12CCCCC1CCC1C2CCC2(C)C(CCCc3ncc4cccc(Cl)c4n3)CCC12. The van der Waals surface area contributed by atoms with Crippen LogP contribution in [0.1, 0.15) is 96.7 Å². The van der Waals surface area contributed by atoms with Crippen LogP contribution >= 0.6 is 11.6 Å². The summed E-state index contributed by atoms with van der Waals surface area (Å²) < 4.78 is 0. The van der Waals surface area contributed by atoms with Crippen LogP contribution in [0.15, 0.2) is 24.4 Å². The fourth-order valence-electron chi connectivity index (χ4n) is 9.56. The zero-order chi connectivity index (χ0) is 22.6. The highest BCUT2D eigenvalue weighted by molar-refractivity contribution is 6.34. The lowest BCUT2D eigenvalue weighted by Gasteiger charge is -2.60. The lowest BCUT2D eigenvalue weighted by atomic mass is 9.45. The molecule has 1 aromatic carbocycles. The van der Waals surface area contributed by atoms with Gasteiger partial charge in [0.1, 0.15) is 5.82 Å². The van der Waals surface area contributed by atoms with Crippen molar-refractivity contribution in [1.29, 1.82) is 0 Å². The Labute approximate surface area is 205 Å². The highest BCUT2D eigenvalue weighted by atomic mass is 35.5. The molecule has 1 aromatic heterocycles. The first kappa shape index (κ1) is 22.3. The van der Waals surface area contributed by atoms with Gasteiger partial charge in [-0.3, -0.25) is 0 Å². The number of rotatable bonds is 4. The quantitative estimate of drug-likeness (QED) is 0.452. The van der Waals surface area contributed by atoms with E-state index in [1.165, 1.54) is 77.0 Å². The molecule has 2 nitrogen and oxygen atoms in total. The first-order chi connectivity index (χ1) is 16.0. The molecule has 0 saturated heterocycles. The molecular weight excluding hydrogens is 424 g/mol. The fourth-order valence-corrected chi connectivity index (χ4v) is 9.79. The molecule has 7 atom stereocenters. The maximum Gasteiger partial charge on any atom is 0.129 e. The van der Waals surface area contributed by atoms with Gasteiger partial charge in [-0.2, -0.15) is 0 Å². The standard InChI is InChI=1S/C30H41ClN2/c1-29-17-4-3-8-21(29)12-14-23-24-15-13-22(30(24,2)18-16-25(23)29)9-6-11-27-32-19-20-7-5-10-26(31)28(20)33-27/h5,7,10,19,21-25H,3-4,6,8-9,11-18H2,1-2H3. The maximum absolute atomic E-state index is 6.38. The Hall–Kier alpha value is -1.15. The average Bonchev–Trinajstić information content (AvgIpc) is 3.15. The molecule has 7 unspecified atom stereocenters. The molecule has 0 radical (unpaired) electrons. The molecule has 0 bridgehead atoms. The number of para-hydroxylation sites is 1. The predicted octanol–water partition coefficient (Wildman–Crippen LogP) is 8.65. The van der Waals surface area contributed by atoms with E-state index in [9.17, 15) is 0 Å². The molecule has 1 heterocycles. The number of aromatic nitrogens is 2. The van der Waals surface area contributed by atoms with Crippen molar-refractivity contribution >= 4 is 22.5 Å². The molecule has 4 saturated carbocycles. The molecule has 4 fully saturated rings.